The zero-order valence-corrected chi connectivity index (χ0v) is 10.4. The first-order valence-corrected chi connectivity index (χ1v) is 6.96. The summed E-state index contributed by atoms with van der Waals surface area (Å²) in [5.41, 5.74) is 2.66. The van der Waals surface area contributed by atoms with Crippen LogP contribution in [0.1, 0.15) is 38.5 Å². The third-order valence-corrected chi connectivity index (χ3v) is 4.94. The average Bonchev–Trinajstić information content (AvgIpc) is 2.76. The number of allylic oxidation sites excluding steroid dienone is 1. The van der Waals surface area contributed by atoms with E-state index in [9.17, 15) is 9.59 Å². The molecule has 18 heavy (non-hydrogen) atoms. The molecule has 4 heteroatoms. The highest BCUT2D eigenvalue weighted by molar-refractivity contribution is 5.83. The predicted molar refractivity (Wildman–Crippen MR) is 63.3 cm³/mol. The maximum atomic E-state index is 12.1. The minimum absolute atomic E-state index is 0.0482. The molecule has 2 fully saturated rings. The number of hydrogen-bond donors (Lipinski definition) is 0. The first-order valence-electron chi connectivity index (χ1n) is 6.96. The van der Waals surface area contributed by atoms with Crippen LogP contribution in [0.25, 0.3) is 0 Å². The summed E-state index contributed by atoms with van der Waals surface area (Å²) in [5.74, 6) is 0.696. The van der Waals surface area contributed by atoms with E-state index in [1.807, 2.05) is 4.90 Å². The minimum atomic E-state index is -0.0754. The molecular formula is C14H17NO3. The summed E-state index contributed by atoms with van der Waals surface area (Å²) >= 11 is 0. The topological polar surface area (TPSA) is 46.6 Å². The van der Waals surface area contributed by atoms with Crippen molar-refractivity contribution in [3.8, 4) is 0 Å². The van der Waals surface area contributed by atoms with Gasteiger partial charge in [-0.1, -0.05) is 0 Å². The van der Waals surface area contributed by atoms with E-state index in [0.29, 0.717) is 12.8 Å². The van der Waals surface area contributed by atoms with Crippen LogP contribution >= 0.6 is 0 Å². The molecule has 4 nitrogen and oxygen atoms in total. The summed E-state index contributed by atoms with van der Waals surface area (Å²) in [6, 6.07) is 0. The summed E-state index contributed by atoms with van der Waals surface area (Å²) < 4.78 is 5.44. The molecule has 4 aliphatic rings. The van der Waals surface area contributed by atoms with Gasteiger partial charge in [0.25, 0.3) is 0 Å². The van der Waals surface area contributed by atoms with Gasteiger partial charge in [0.1, 0.15) is 6.10 Å². The van der Waals surface area contributed by atoms with E-state index in [0.717, 1.165) is 32.2 Å². The van der Waals surface area contributed by atoms with E-state index in [1.54, 1.807) is 0 Å². The van der Waals surface area contributed by atoms with Gasteiger partial charge in [0.15, 0.2) is 0 Å². The number of fused-ring (bicyclic) bond motifs is 2. The van der Waals surface area contributed by atoms with Crippen molar-refractivity contribution < 1.29 is 14.3 Å². The second kappa shape index (κ2) is 3.59. The normalized spacial score (nSPS) is 38.4. The molecule has 2 saturated heterocycles. The van der Waals surface area contributed by atoms with Gasteiger partial charge in [-0.3, -0.25) is 9.59 Å². The van der Waals surface area contributed by atoms with Crippen molar-refractivity contribution in [1.82, 2.24) is 4.90 Å². The van der Waals surface area contributed by atoms with E-state index in [4.69, 9.17) is 4.74 Å². The fraction of sp³-hybridized carbons (Fsp3) is 0.714. The van der Waals surface area contributed by atoms with Crippen LogP contribution in [0.2, 0.25) is 0 Å². The van der Waals surface area contributed by atoms with Gasteiger partial charge in [-0.25, -0.2) is 0 Å². The molecule has 0 aromatic rings. The lowest BCUT2D eigenvalue weighted by atomic mass is 9.75. The summed E-state index contributed by atoms with van der Waals surface area (Å²) in [7, 11) is 0. The lowest BCUT2D eigenvalue weighted by Gasteiger charge is -2.33. The zero-order valence-electron chi connectivity index (χ0n) is 10.4. The molecule has 0 N–H and O–H groups in total. The fourth-order valence-electron chi connectivity index (χ4n) is 4.19. The summed E-state index contributed by atoms with van der Waals surface area (Å²) in [6.45, 7) is 0.875. The van der Waals surface area contributed by atoms with E-state index < -0.39 is 0 Å². The van der Waals surface area contributed by atoms with Crippen molar-refractivity contribution in [2.45, 2.75) is 44.6 Å². The molecule has 0 bridgehead atoms. The van der Waals surface area contributed by atoms with Crippen molar-refractivity contribution in [1.29, 1.82) is 0 Å². The highest BCUT2D eigenvalue weighted by Gasteiger charge is 2.51. The molecule has 0 radical (unpaired) electrons. The number of carbonyl (C=O) groups is 2. The molecule has 3 unspecified atom stereocenters. The number of ether oxygens (including phenoxy) is 1. The molecule has 1 aliphatic carbocycles. The minimum Gasteiger partial charge on any atom is -0.462 e. The molecule has 0 aromatic carbocycles. The predicted octanol–water partition coefficient (Wildman–Crippen LogP) is 1.61. The van der Waals surface area contributed by atoms with Crippen LogP contribution in [-0.2, 0) is 14.3 Å². The van der Waals surface area contributed by atoms with Gasteiger partial charge < -0.3 is 9.64 Å². The van der Waals surface area contributed by atoms with Crippen molar-refractivity contribution >= 4 is 11.9 Å². The van der Waals surface area contributed by atoms with Gasteiger partial charge in [0.05, 0.1) is 6.42 Å². The van der Waals surface area contributed by atoms with E-state index in [1.165, 1.54) is 11.3 Å². The van der Waals surface area contributed by atoms with E-state index >= 15 is 0 Å². The number of rotatable bonds is 0. The Morgan fingerprint density at radius 3 is 2.89 bits per heavy atom. The summed E-state index contributed by atoms with van der Waals surface area (Å²) in [4.78, 5) is 25.6. The summed E-state index contributed by atoms with van der Waals surface area (Å²) in [5, 5.41) is 0. The molecule has 3 atom stereocenters. The largest absolute Gasteiger partial charge is 0.462 e. The number of nitrogens with zero attached hydrogens (tertiary/aromatic N) is 1. The van der Waals surface area contributed by atoms with Crippen LogP contribution in [0.4, 0.5) is 0 Å². The molecule has 3 aliphatic heterocycles. The third kappa shape index (κ3) is 1.32. The zero-order chi connectivity index (χ0) is 12.3. The average molecular weight is 247 g/mol. The van der Waals surface area contributed by atoms with Gasteiger partial charge in [0.2, 0.25) is 5.91 Å². The second-order valence-corrected chi connectivity index (χ2v) is 5.90. The van der Waals surface area contributed by atoms with E-state index in [-0.39, 0.29) is 29.8 Å². The van der Waals surface area contributed by atoms with Crippen molar-refractivity contribution in [2.75, 3.05) is 6.54 Å². The molecule has 0 saturated carbocycles. The van der Waals surface area contributed by atoms with Crippen LogP contribution in [0.3, 0.4) is 0 Å². The number of hydrogen-bond acceptors (Lipinski definition) is 3. The fourth-order valence-corrected chi connectivity index (χ4v) is 4.19. The Balaban J connectivity index is 1.78. The van der Waals surface area contributed by atoms with Gasteiger partial charge in [-0.2, -0.15) is 0 Å². The Labute approximate surface area is 106 Å². The van der Waals surface area contributed by atoms with Crippen molar-refractivity contribution in [3.05, 3.63) is 11.3 Å². The Bertz CT molecular complexity index is 468. The molecule has 0 aromatic heterocycles. The van der Waals surface area contributed by atoms with Crippen molar-refractivity contribution in [3.63, 3.8) is 0 Å². The standard InChI is InChI=1S/C14H17NO3/c16-12-6-10-9-7-13(17)18-11(9)5-8-3-1-2-4-15(12)14(8)10/h9-11H,1-7H2. The first-order chi connectivity index (χ1) is 8.74. The first kappa shape index (κ1) is 10.6. The molecule has 4 rings (SSSR count). The van der Waals surface area contributed by atoms with Crippen molar-refractivity contribution in [2.24, 2.45) is 11.8 Å². The number of amides is 1. The lowest BCUT2D eigenvalue weighted by molar-refractivity contribution is -0.141. The SMILES string of the molecule is O=C1CC2C(CC3=C4C2CC(=O)N4CCCC3)O1. The van der Waals surface area contributed by atoms with Crippen LogP contribution < -0.4 is 0 Å². The monoisotopic (exact) mass is 247 g/mol. The molecular weight excluding hydrogens is 230 g/mol. The third-order valence-electron chi connectivity index (χ3n) is 4.94. The van der Waals surface area contributed by atoms with Crippen LogP contribution in [0.5, 0.6) is 0 Å². The Hall–Kier alpha value is -1.32. The maximum absolute atomic E-state index is 12.1. The summed E-state index contributed by atoms with van der Waals surface area (Å²) in [6.07, 6.45) is 5.35. The quantitative estimate of drug-likeness (QED) is 0.611. The molecule has 0 spiro atoms. The Kier molecular flexibility index (Phi) is 2.11. The van der Waals surface area contributed by atoms with Gasteiger partial charge in [-0.15, -0.1) is 0 Å². The van der Waals surface area contributed by atoms with E-state index in [2.05, 4.69) is 0 Å². The van der Waals surface area contributed by atoms with Gasteiger partial charge >= 0.3 is 5.97 Å². The highest BCUT2D eigenvalue weighted by Crippen LogP contribution is 2.50. The van der Waals surface area contributed by atoms with Crippen LogP contribution in [0, 0.1) is 11.8 Å². The van der Waals surface area contributed by atoms with Gasteiger partial charge in [-0.05, 0) is 24.8 Å². The smallest absolute Gasteiger partial charge is 0.306 e. The maximum Gasteiger partial charge on any atom is 0.306 e. The second-order valence-electron chi connectivity index (χ2n) is 5.90. The Morgan fingerprint density at radius 2 is 2.00 bits per heavy atom. The molecule has 3 heterocycles. The molecule has 1 amide bonds. The lowest BCUT2D eigenvalue weighted by Crippen LogP contribution is -2.32. The Morgan fingerprint density at radius 1 is 1.11 bits per heavy atom. The van der Waals surface area contributed by atoms with Crippen LogP contribution in [-0.4, -0.2) is 29.4 Å². The number of esters is 1. The van der Waals surface area contributed by atoms with Gasteiger partial charge in [0, 0.05) is 36.9 Å². The van der Waals surface area contributed by atoms with Crippen LogP contribution in [0.15, 0.2) is 11.3 Å². The highest BCUT2D eigenvalue weighted by atomic mass is 16.5. The molecule has 96 valence electrons. The number of carbonyl (C=O) groups excluding carboxylic acids is 2.